The fourth-order valence-electron chi connectivity index (χ4n) is 3.53. The number of ether oxygens (including phenoxy) is 1. The summed E-state index contributed by atoms with van der Waals surface area (Å²) in [7, 11) is 0. The zero-order valence-electron chi connectivity index (χ0n) is 17.5. The summed E-state index contributed by atoms with van der Waals surface area (Å²) in [6.07, 6.45) is 1.77. The third-order valence-corrected chi connectivity index (χ3v) is 6.99. The number of fused-ring (bicyclic) bond motifs is 1. The van der Waals surface area contributed by atoms with E-state index in [0.29, 0.717) is 27.7 Å². The highest BCUT2D eigenvalue weighted by atomic mass is 35.5. The van der Waals surface area contributed by atoms with Crippen LogP contribution in [0.2, 0.25) is 0 Å². The molecule has 0 saturated heterocycles. The van der Waals surface area contributed by atoms with Crippen molar-refractivity contribution in [3.8, 4) is 16.9 Å². The molecule has 0 bridgehead atoms. The van der Waals surface area contributed by atoms with E-state index in [4.69, 9.17) is 16.3 Å². The molecule has 0 unspecified atom stereocenters. The van der Waals surface area contributed by atoms with E-state index in [9.17, 15) is 4.79 Å². The molecule has 5 aromatic rings. The number of thiophene rings is 1. The van der Waals surface area contributed by atoms with E-state index in [2.05, 4.69) is 15.0 Å². The molecule has 164 valence electrons. The topological polar surface area (TPSA) is 67.9 Å². The molecule has 0 radical (unpaired) electrons. The predicted octanol–water partition coefficient (Wildman–Crippen LogP) is 6.73. The Hall–Kier alpha value is -3.26. The monoisotopic (exact) mass is 491 g/mol. The van der Waals surface area contributed by atoms with Gasteiger partial charge >= 0.3 is 0 Å². The van der Waals surface area contributed by atoms with Gasteiger partial charge in [0, 0.05) is 15.8 Å². The van der Waals surface area contributed by atoms with E-state index in [0.717, 1.165) is 33.0 Å². The molecule has 0 aliphatic carbocycles. The van der Waals surface area contributed by atoms with Gasteiger partial charge in [-0.2, -0.15) is 0 Å². The summed E-state index contributed by atoms with van der Waals surface area (Å²) < 4.78 is 5.74. The maximum absolute atomic E-state index is 13.0. The standard InChI is InChI=1S/C25H18ClN3O2S2/c1-15-21(17-5-3-2-4-6-17)22-24(30)28-23(29-25(22)33-15)20(26)11-16-7-9-19(10-8-16)31-12-18-13-32-14-27-18/h2-11,13-14H,12H2,1H3,(H,28,29,30)/b20-11-. The summed E-state index contributed by atoms with van der Waals surface area (Å²) in [5.74, 6) is 1.09. The second-order valence-electron chi connectivity index (χ2n) is 7.32. The van der Waals surface area contributed by atoms with Gasteiger partial charge < -0.3 is 9.72 Å². The van der Waals surface area contributed by atoms with E-state index in [1.54, 1.807) is 22.9 Å². The van der Waals surface area contributed by atoms with Crippen LogP contribution in [0.5, 0.6) is 5.75 Å². The number of aryl methyl sites for hydroxylation is 1. The second-order valence-corrected chi connectivity index (χ2v) is 9.65. The van der Waals surface area contributed by atoms with Gasteiger partial charge in [0.2, 0.25) is 0 Å². The van der Waals surface area contributed by atoms with Crippen LogP contribution in [-0.2, 0) is 6.61 Å². The molecule has 0 amide bonds. The molecule has 0 aliphatic rings. The second kappa shape index (κ2) is 9.31. The number of thiazole rings is 1. The molecule has 5 nitrogen and oxygen atoms in total. The fraction of sp³-hybridized carbons (Fsp3) is 0.0800. The van der Waals surface area contributed by atoms with Gasteiger partial charge in [0.15, 0.2) is 5.82 Å². The van der Waals surface area contributed by atoms with Crippen molar-refractivity contribution in [1.29, 1.82) is 0 Å². The van der Waals surface area contributed by atoms with Crippen LogP contribution < -0.4 is 10.3 Å². The first-order valence-corrected chi connectivity index (χ1v) is 12.3. The summed E-state index contributed by atoms with van der Waals surface area (Å²) >= 11 is 9.57. The van der Waals surface area contributed by atoms with Crippen LogP contribution >= 0.6 is 34.3 Å². The van der Waals surface area contributed by atoms with Crippen molar-refractivity contribution >= 4 is 55.6 Å². The average Bonchev–Trinajstić information content (AvgIpc) is 3.46. The van der Waals surface area contributed by atoms with Crippen molar-refractivity contribution in [3.63, 3.8) is 0 Å². The first-order valence-electron chi connectivity index (χ1n) is 10.1. The summed E-state index contributed by atoms with van der Waals surface area (Å²) in [4.78, 5) is 26.4. The fourth-order valence-corrected chi connectivity index (χ4v) is 5.33. The van der Waals surface area contributed by atoms with E-state index in [1.165, 1.54) is 11.3 Å². The Bertz CT molecular complexity index is 1490. The zero-order valence-corrected chi connectivity index (χ0v) is 19.9. The largest absolute Gasteiger partial charge is 0.487 e. The number of hydrogen-bond acceptors (Lipinski definition) is 6. The highest BCUT2D eigenvalue weighted by Crippen LogP contribution is 2.36. The minimum atomic E-state index is -0.199. The van der Waals surface area contributed by atoms with Crippen molar-refractivity contribution in [2.24, 2.45) is 0 Å². The number of H-pyrrole nitrogens is 1. The number of aromatic nitrogens is 3. The number of aromatic amines is 1. The average molecular weight is 492 g/mol. The molecule has 0 atom stereocenters. The lowest BCUT2D eigenvalue weighted by Crippen LogP contribution is -2.10. The number of nitrogens with one attached hydrogen (secondary N) is 1. The number of hydrogen-bond donors (Lipinski definition) is 1. The van der Waals surface area contributed by atoms with E-state index >= 15 is 0 Å². The quantitative estimate of drug-likeness (QED) is 0.286. The molecule has 0 fully saturated rings. The summed E-state index contributed by atoms with van der Waals surface area (Å²) in [5, 5.41) is 2.91. The first-order chi connectivity index (χ1) is 16.1. The summed E-state index contributed by atoms with van der Waals surface area (Å²) in [6, 6.07) is 17.4. The Morgan fingerprint density at radius 3 is 2.67 bits per heavy atom. The van der Waals surface area contributed by atoms with E-state index < -0.39 is 0 Å². The van der Waals surface area contributed by atoms with Crippen molar-refractivity contribution in [3.05, 3.63) is 97.8 Å². The molecule has 3 aromatic heterocycles. The molecule has 0 saturated carbocycles. The Balaban J connectivity index is 1.41. The Morgan fingerprint density at radius 1 is 1.15 bits per heavy atom. The highest BCUT2D eigenvalue weighted by molar-refractivity contribution is 7.19. The van der Waals surface area contributed by atoms with Crippen LogP contribution in [0.15, 0.2) is 70.3 Å². The molecular weight excluding hydrogens is 474 g/mol. The minimum Gasteiger partial charge on any atom is -0.487 e. The molecule has 0 aliphatic heterocycles. The van der Waals surface area contributed by atoms with Gasteiger partial charge in [-0.15, -0.1) is 22.7 Å². The summed E-state index contributed by atoms with van der Waals surface area (Å²) in [5.41, 5.74) is 5.28. The zero-order chi connectivity index (χ0) is 22.8. The first kappa shape index (κ1) is 21.6. The molecule has 1 N–H and O–H groups in total. The minimum absolute atomic E-state index is 0.199. The van der Waals surface area contributed by atoms with E-state index in [1.807, 2.05) is 66.9 Å². The van der Waals surface area contributed by atoms with Crippen molar-refractivity contribution in [1.82, 2.24) is 15.0 Å². The van der Waals surface area contributed by atoms with Crippen molar-refractivity contribution < 1.29 is 4.74 Å². The van der Waals surface area contributed by atoms with E-state index in [-0.39, 0.29) is 5.56 Å². The highest BCUT2D eigenvalue weighted by Gasteiger charge is 2.17. The van der Waals surface area contributed by atoms with Gasteiger partial charge in [0.1, 0.15) is 17.2 Å². The lowest BCUT2D eigenvalue weighted by Gasteiger charge is -2.05. The Morgan fingerprint density at radius 2 is 1.94 bits per heavy atom. The van der Waals surface area contributed by atoms with Gasteiger partial charge in [-0.25, -0.2) is 9.97 Å². The molecule has 5 rings (SSSR count). The predicted molar refractivity (Wildman–Crippen MR) is 137 cm³/mol. The molecule has 33 heavy (non-hydrogen) atoms. The number of benzene rings is 2. The van der Waals surface area contributed by atoms with Crippen LogP contribution in [0, 0.1) is 6.92 Å². The lowest BCUT2D eigenvalue weighted by molar-refractivity contribution is 0.302. The van der Waals surface area contributed by atoms with Crippen LogP contribution in [0.4, 0.5) is 0 Å². The lowest BCUT2D eigenvalue weighted by atomic mass is 10.0. The smallest absolute Gasteiger partial charge is 0.260 e. The number of rotatable bonds is 6. The Kier molecular flexibility index (Phi) is 6.09. The molecular formula is C25H18ClN3O2S2. The van der Waals surface area contributed by atoms with Crippen LogP contribution in [0.25, 0.3) is 32.5 Å². The Labute approximate surface area is 203 Å². The van der Waals surface area contributed by atoms with Gasteiger partial charge in [-0.3, -0.25) is 4.79 Å². The molecule has 0 spiro atoms. The van der Waals surface area contributed by atoms with Crippen molar-refractivity contribution in [2.75, 3.05) is 0 Å². The summed E-state index contributed by atoms with van der Waals surface area (Å²) in [6.45, 7) is 2.43. The van der Waals surface area contributed by atoms with Gasteiger partial charge in [-0.1, -0.05) is 54.1 Å². The molecule has 3 heterocycles. The third-order valence-electron chi connectivity index (χ3n) is 5.07. The van der Waals surface area contributed by atoms with Crippen LogP contribution in [-0.4, -0.2) is 15.0 Å². The van der Waals surface area contributed by atoms with Crippen molar-refractivity contribution in [2.45, 2.75) is 13.5 Å². The molecule has 8 heteroatoms. The number of nitrogens with zero attached hydrogens (tertiary/aromatic N) is 2. The number of halogens is 1. The third kappa shape index (κ3) is 4.61. The van der Waals surface area contributed by atoms with Gasteiger partial charge in [0.05, 0.1) is 21.6 Å². The normalized spacial score (nSPS) is 11.8. The molecule has 2 aromatic carbocycles. The van der Waals surface area contributed by atoms with Crippen LogP contribution in [0.1, 0.15) is 22.0 Å². The maximum atomic E-state index is 13.0. The van der Waals surface area contributed by atoms with Gasteiger partial charge in [-0.05, 0) is 36.3 Å². The van der Waals surface area contributed by atoms with Gasteiger partial charge in [0.25, 0.3) is 5.56 Å². The maximum Gasteiger partial charge on any atom is 0.260 e. The SMILES string of the molecule is Cc1sc2nc(/C(Cl)=C/c3ccc(OCc4cscn4)cc3)[nH]c(=O)c2c1-c1ccccc1. The van der Waals surface area contributed by atoms with Crippen LogP contribution in [0.3, 0.4) is 0 Å².